The lowest BCUT2D eigenvalue weighted by molar-refractivity contribution is -0.0555. The minimum Gasteiger partial charge on any atom is -0.497 e. The van der Waals surface area contributed by atoms with Gasteiger partial charge in [-0.15, -0.1) is 0 Å². The van der Waals surface area contributed by atoms with Crippen molar-refractivity contribution < 1.29 is 14.0 Å². The van der Waals surface area contributed by atoms with E-state index in [9.17, 15) is 0 Å². The van der Waals surface area contributed by atoms with Crippen molar-refractivity contribution in [2.45, 2.75) is 32.5 Å². The van der Waals surface area contributed by atoms with Gasteiger partial charge >= 0.3 is 0 Å². The molecule has 2 heterocycles. The molecule has 0 radical (unpaired) electrons. The van der Waals surface area contributed by atoms with E-state index in [1.807, 2.05) is 24.3 Å². The predicted octanol–water partition coefficient (Wildman–Crippen LogP) is 2.35. The molecule has 2 aromatic rings. The quantitative estimate of drug-likeness (QED) is 0.864. The Morgan fingerprint density at radius 2 is 2.05 bits per heavy atom. The van der Waals surface area contributed by atoms with Crippen LogP contribution in [0.4, 0.5) is 0 Å². The van der Waals surface area contributed by atoms with Crippen LogP contribution in [0.1, 0.15) is 19.7 Å². The minimum atomic E-state index is 0.236. The number of rotatable bonds is 4. The molecule has 0 bridgehead atoms. The number of morpholine rings is 1. The van der Waals surface area contributed by atoms with Crippen molar-refractivity contribution in [1.82, 2.24) is 15.0 Å². The lowest BCUT2D eigenvalue weighted by atomic mass is 10.2. The van der Waals surface area contributed by atoms with Gasteiger partial charge in [0.05, 0.1) is 26.4 Å². The topological polar surface area (TPSA) is 60.6 Å². The summed E-state index contributed by atoms with van der Waals surface area (Å²) < 4.78 is 16.2. The molecule has 1 aromatic heterocycles. The molecular weight excluding hydrogens is 282 g/mol. The van der Waals surface area contributed by atoms with E-state index in [1.165, 1.54) is 0 Å². The van der Waals surface area contributed by atoms with Crippen LogP contribution in [0.25, 0.3) is 11.4 Å². The van der Waals surface area contributed by atoms with Crippen molar-refractivity contribution in [3.8, 4) is 17.1 Å². The Morgan fingerprint density at radius 1 is 1.27 bits per heavy atom. The van der Waals surface area contributed by atoms with Crippen LogP contribution in [-0.4, -0.2) is 47.4 Å². The lowest BCUT2D eigenvalue weighted by Gasteiger charge is -2.35. The largest absolute Gasteiger partial charge is 0.497 e. The summed E-state index contributed by atoms with van der Waals surface area (Å²) in [5.74, 6) is 2.04. The molecule has 6 nitrogen and oxygen atoms in total. The summed E-state index contributed by atoms with van der Waals surface area (Å²) in [6, 6.07) is 7.97. The Hall–Kier alpha value is -1.92. The second kappa shape index (κ2) is 6.46. The van der Waals surface area contributed by atoms with Gasteiger partial charge in [-0.25, -0.2) is 0 Å². The fraction of sp³-hybridized carbons (Fsp3) is 0.500. The second-order valence-corrected chi connectivity index (χ2v) is 5.66. The molecular formula is C16H21N3O3. The van der Waals surface area contributed by atoms with Gasteiger partial charge in [-0.3, -0.25) is 4.90 Å². The van der Waals surface area contributed by atoms with E-state index in [2.05, 4.69) is 28.9 Å². The molecule has 1 aliphatic rings. The third-order valence-corrected chi connectivity index (χ3v) is 3.89. The zero-order valence-corrected chi connectivity index (χ0v) is 13.2. The average molecular weight is 303 g/mol. The van der Waals surface area contributed by atoms with E-state index in [0.29, 0.717) is 24.3 Å². The normalized spacial score (nSPS) is 22.7. The van der Waals surface area contributed by atoms with Gasteiger partial charge in [-0.1, -0.05) is 5.16 Å². The van der Waals surface area contributed by atoms with Crippen molar-refractivity contribution in [2.24, 2.45) is 0 Å². The highest BCUT2D eigenvalue weighted by Crippen LogP contribution is 2.21. The molecule has 3 rings (SSSR count). The third kappa shape index (κ3) is 3.28. The molecule has 0 amide bonds. The Kier molecular flexibility index (Phi) is 4.40. The van der Waals surface area contributed by atoms with Gasteiger partial charge in [-0.2, -0.15) is 4.98 Å². The van der Waals surface area contributed by atoms with Crippen LogP contribution in [0, 0.1) is 0 Å². The van der Waals surface area contributed by atoms with Crippen molar-refractivity contribution >= 4 is 0 Å². The van der Waals surface area contributed by atoms with Crippen molar-refractivity contribution in [2.75, 3.05) is 20.3 Å². The molecule has 0 N–H and O–H groups in total. The van der Waals surface area contributed by atoms with E-state index >= 15 is 0 Å². The number of benzene rings is 1. The van der Waals surface area contributed by atoms with Crippen LogP contribution in [-0.2, 0) is 11.3 Å². The molecule has 2 atom stereocenters. The van der Waals surface area contributed by atoms with E-state index in [-0.39, 0.29) is 6.10 Å². The van der Waals surface area contributed by atoms with Crippen LogP contribution in [0.3, 0.4) is 0 Å². The highest BCUT2D eigenvalue weighted by Gasteiger charge is 2.25. The number of nitrogens with zero attached hydrogens (tertiary/aromatic N) is 3. The highest BCUT2D eigenvalue weighted by atomic mass is 16.5. The summed E-state index contributed by atoms with van der Waals surface area (Å²) in [6.07, 6.45) is 0.236. The van der Waals surface area contributed by atoms with Gasteiger partial charge in [0.2, 0.25) is 11.7 Å². The molecule has 1 saturated heterocycles. The van der Waals surface area contributed by atoms with Gasteiger partial charge in [-0.05, 0) is 38.1 Å². The summed E-state index contributed by atoms with van der Waals surface area (Å²) in [5, 5.41) is 4.07. The fourth-order valence-corrected chi connectivity index (χ4v) is 2.54. The van der Waals surface area contributed by atoms with Crippen molar-refractivity contribution in [3.05, 3.63) is 30.2 Å². The van der Waals surface area contributed by atoms with Crippen LogP contribution >= 0.6 is 0 Å². The Balaban J connectivity index is 1.70. The molecule has 0 unspecified atom stereocenters. The zero-order valence-electron chi connectivity index (χ0n) is 13.2. The SMILES string of the molecule is COc1ccc(-c2noc(CN3C[C@@H](C)OC[C@@H]3C)n2)cc1. The molecule has 22 heavy (non-hydrogen) atoms. The van der Waals surface area contributed by atoms with Crippen LogP contribution in [0.5, 0.6) is 5.75 Å². The first kappa shape index (κ1) is 15.0. The molecule has 0 saturated carbocycles. The molecule has 1 aromatic carbocycles. The predicted molar refractivity (Wildman–Crippen MR) is 81.6 cm³/mol. The molecule has 1 fully saturated rings. The van der Waals surface area contributed by atoms with Crippen molar-refractivity contribution in [1.29, 1.82) is 0 Å². The monoisotopic (exact) mass is 303 g/mol. The number of ether oxygens (including phenoxy) is 2. The van der Waals surface area contributed by atoms with Gasteiger partial charge < -0.3 is 14.0 Å². The maximum Gasteiger partial charge on any atom is 0.241 e. The summed E-state index contributed by atoms with van der Waals surface area (Å²) in [6.45, 7) is 6.49. The number of aromatic nitrogens is 2. The first-order valence-electron chi connectivity index (χ1n) is 7.48. The fourth-order valence-electron chi connectivity index (χ4n) is 2.54. The van der Waals surface area contributed by atoms with Crippen LogP contribution in [0.2, 0.25) is 0 Å². The van der Waals surface area contributed by atoms with E-state index in [4.69, 9.17) is 14.0 Å². The van der Waals surface area contributed by atoms with E-state index in [1.54, 1.807) is 7.11 Å². The zero-order chi connectivity index (χ0) is 15.5. The Labute approximate surface area is 130 Å². The summed E-state index contributed by atoms with van der Waals surface area (Å²) in [5.41, 5.74) is 0.916. The molecule has 0 spiro atoms. The number of hydrogen-bond donors (Lipinski definition) is 0. The van der Waals surface area contributed by atoms with E-state index in [0.717, 1.165) is 24.5 Å². The lowest BCUT2D eigenvalue weighted by Crippen LogP contribution is -2.46. The smallest absolute Gasteiger partial charge is 0.241 e. The number of methoxy groups -OCH3 is 1. The summed E-state index contributed by atoms with van der Waals surface area (Å²) >= 11 is 0. The van der Waals surface area contributed by atoms with Gasteiger partial charge in [0.15, 0.2) is 0 Å². The van der Waals surface area contributed by atoms with Gasteiger partial charge in [0.1, 0.15) is 5.75 Å². The minimum absolute atomic E-state index is 0.236. The van der Waals surface area contributed by atoms with Crippen molar-refractivity contribution in [3.63, 3.8) is 0 Å². The van der Waals surface area contributed by atoms with Crippen LogP contribution in [0.15, 0.2) is 28.8 Å². The Morgan fingerprint density at radius 3 is 2.77 bits per heavy atom. The highest BCUT2D eigenvalue weighted by molar-refractivity contribution is 5.55. The summed E-state index contributed by atoms with van der Waals surface area (Å²) in [7, 11) is 1.64. The maximum atomic E-state index is 5.63. The molecule has 6 heteroatoms. The van der Waals surface area contributed by atoms with Gasteiger partial charge in [0, 0.05) is 18.2 Å². The first-order chi connectivity index (χ1) is 10.7. The molecule has 0 aliphatic carbocycles. The van der Waals surface area contributed by atoms with Crippen LogP contribution < -0.4 is 4.74 Å². The van der Waals surface area contributed by atoms with E-state index < -0.39 is 0 Å². The second-order valence-electron chi connectivity index (χ2n) is 5.66. The third-order valence-electron chi connectivity index (χ3n) is 3.89. The van der Waals surface area contributed by atoms with Gasteiger partial charge in [0.25, 0.3) is 0 Å². The molecule has 1 aliphatic heterocycles. The maximum absolute atomic E-state index is 5.63. The number of hydrogen-bond acceptors (Lipinski definition) is 6. The summed E-state index contributed by atoms with van der Waals surface area (Å²) in [4.78, 5) is 6.79. The Bertz CT molecular complexity index is 611. The molecule has 118 valence electrons. The average Bonchev–Trinajstić information content (AvgIpc) is 2.99. The standard InChI is InChI=1S/C16H21N3O3/c1-11-10-21-12(2)8-19(11)9-15-17-16(18-22-15)13-4-6-14(20-3)7-5-13/h4-7,11-12H,8-10H2,1-3H3/t11-,12+/m0/s1. The first-order valence-corrected chi connectivity index (χ1v) is 7.48.